The SMILES string of the molecule is C=C(Br)COc1ccc2c(c1)C(N)CCC2. The Labute approximate surface area is 105 Å². The van der Waals surface area contributed by atoms with Crippen LogP contribution in [0.1, 0.15) is 30.0 Å². The highest BCUT2D eigenvalue weighted by Gasteiger charge is 2.17. The van der Waals surface area contributed by atoms with E-state index < -0.39 is 0 Å². The lowest BCUT2D eigenvalue weighted by Crippen LogP contribution is -2.17. The highest BCUT2D eigenvalue weighted by atomic mass is 79.9. The molecule has 1 unspecified atom stereocenters. The number of aryl methyl sites for hydroxylation is 1. The third-order valence-corrected chi connectivity index (χ3v) is 3.10. The molecular weight excluding hydrogens is 266 g/mol. The van der Waals surface area contributed by atoms with Crippen LogP contribution >= 0.6 is 15.9 Å². The van der Waals surface area contributed by atoms with Crippen LogP contribution in [0, 0.1) is 0 Å². The highest BCUT2D eigenvalue weighted by Crippen LogP contribution is 2.30. The van der Waals surface area contributed by atoms with Gasteiger partial charge < -0.3 is 10.5 Å². The maximum absolute atomic E-state index is 6.09. The second kappa shape index (κ2) is 5.02. The number of hydrogen-bond donors (Lipinski definition) is 1. The van der Waals surface area contributed by atoms with E-state index in [9.17, 15) is 0 Å². The van der Waals surface area contributed by atoms with Crippen molar-refractivity contribution in [2.75, 3.05) is 6.61 Å². The lowest BCUT2D eigenvalue weighted by atomic mass is 9.88. The largest absolute Gasteiger partial charge is 0.488 e. The van der Waals surface area contributed by atoms with Crippen molar-refractivity contribution in [1.29, 1.82) is 0 Å². The van der Waals surface area contributed by atoms with Gasteiger partial charge in [-0.3, -0.25) is 0 Å². The lowest BCUT2D eigenvalue weighted by molar-refractivity contribution is 0.359. The molecule has 0 fully saturated rings. The third kappa shape index (κ3) is 2.66. The Kier molecular flexibility index (Phi) is 3.66. The van der Waals surface area contributed by atoms with Gasteiger partial charge in [-0.1, -0.05) is 28.6 Å². The molecule has 2 N–H and O–H groups in total. The van der Waals surface area contributed by atoms with E-state index in [0.717, 1.165) is 23.1 Å². The summed E-state index contributed by atoms with van der Waals surface area (Å²) in [6.07, 6.45) is 3.39. The van der Waals surface area contributed by atoms with Crippen LogP contribution in [-0.4, -0.2) is 6.61 Å². The Morgan fingerprint density at radius 1 is 1.56 bits per heavy atom. The van der Waals surface area contributed by atoms with E-state index in [4.69, 9.17) is 10.5 Å². The molecule has 1 aromatic carbocycles. The van der Waals surface area contributed by atoms with Gasteiger partial charge in [-0.2, -0.15) is 0 Å². The molecule has 0 bridgehead atoms. The number of ether oxygens (including phenoxy) is 1. The van der Waals surface area contributed by atoms with Crippen LogP contribution in [0.3, 0.4) is 0 Å². The first-order chi connectivity index (χ1) is 7.66. The number of halogens is 1. The minimum Gasteiger partial charge on any atom is -0.488 e. The van der Waals surface area contributed by atoms with E-state index >= 15 is 0 Å². The Bertz CT molecular complexity index is 403. The number of benzene rings is 1. The van der Waals surface area contributed by atoms with Gasteiger partial charge >= 0.3 is 0 Å². The van der Waals surface area contributed by atoms with E-state index in [1.54, 1.807) is 0 Å². The molecule has 0 spiro atoms. The Morgan fingerprint density at radius 2 is 2.38 bits per heavy atom. The summed E-state index contributed by atoms with van der Waals surface area (Å²) in [5.74, 6) is 0.872. The Morgan fingerprint density at radius 3 is 3.12 bits per heavy atom. The van der Waals surface area contributed by atoms with Crippen LogP contribution < -0.4 is 10.5 Å². The molecule has 86 valence electrons. The predicted octanol–water partition coefficient (Wildman–Crippen LogP) is 3.31. The van der Waals surface area contributed by atoms with Gasteiger partial charge in [-0.25, -0.2) is 0 Å². The highest BCUT2D eigenvalue weighted by molar-refractivity contribution is 9.11. The van der Waals surface area contributed by atoms with Gasteiger partial charge in [-0.05, 0) is 42.5 Å². The maximum Gasteiger partial charge on any atom is 0.120 e. The average Bonchev–Trinajstić information content (AvgIpc) is 2.27. The molecule has 1 aliphatic carbocycles. The van der Waals surface area contributed by atoms with Gasteiger partial charge in [0.1, 0.15) is 12.4 Å². The molecular formula is C13H16BrNO. The van der Waals surface area contributed by atoms with Crippen molar-refractivity contribution in [3.8, 4) is 5.75 Å². The van der Waals surface area contributed by atoms with Crippen LogP contribution in [0.4, 0.5) is 0 Å². The molecule has 0 aliphatic heterocycles. The molecule has 2 nitrogen and oxygen atoms in total. The molecule has 0 aromatic heterocycles. The van der Waals surface area contributed by atoms with Crippen LogP contribution in [0.15, 0.2) is 29.3 Å². The number of nitrogens with two attached hydrogens (primary N) is 1. The minimum absolute atomic E-state index is 0.166. The summed E-state index contributed by atoms with van der Waals surface area (Å²) >= 11 is 3.27. The van der Waals surface area contributed by atoms with E-state index in [2.05, 4.69) is 34.6 Å². The monoisotopic (exact) mass is 281 g/mol. The molecule has 1 aliphatic rings. The molecule has 16 heavy (non-hydrogen) atoms. The summed E-state index contributed by atoms with van der Waals surface area (Å²) < 4.78 is 6.42. The fourth-order valence-electron chi connectivity index (χ4n) is 2.07. The van der Waals surface area contributed by atoms with Crippen molar-refractivity contribution in [1.82, 2.24) is 0 Å². The summed E-state index contributed by atoms with van der Waals surface area (Å²) in [5, 5.41) is 0. The number of hydrogen-bond acceptors (Lipinski definition) is 2. The number of rotatable bonds is 3. The summed E-state index contributed by atoms with van der Waals surface area (Å²) in [6, 6.07) is 6.36. The minimum atomic E-state index is 0.166. The molecule has 3 heteroatoms. The molecule has 2 rings (SSSR count). The first-order valence-electron chi connectivity index (χ1n) is 5.51. The van der Waals surface area contributed by atoms with Crippen LogP contribution in [0.5, 0.6) is 5.75 Å². The van der Waals surface area contributed by atoms with Crippen molar-refractivity contribution < 1.29 is 4.74 Å². The van der Waals surface area contributed by atoms with Crippen molar-refractivity contribution >= 4 is 15.9 Å². The molecule has 1 atom stereocenters. The van der Waals surface area contributed by atoms with Gasteiger partial charge in [0.05, 0.1) is 0 Å². The molecule has 1 aromatic rings. The molecule has 0 heterocycles. The summed E-state index contributed by atoms with van der Waals surface area (Å²) in [5.41, 5.74) is 8.69. The summed E-state index contributed by atoms with van der Waals surface area (Å²) in [4.78, 5) is 0. The van der Waals surface area contributed by atoms with Crippen LogP contribution in [0.25, 0.3) is 0 Å². The maximum atomic E-state index is 6.09. The van der Waals surface area contributed by atoms with E-state index in [-0.39, 0.29) is 6.04 Å². The Balaban J connectivity index is 2.17. The van der Waals surface area contributed by atoms with E-state index in [1.807, 2.05) is 6.07 Å². The fraction of sp³-hybridized carbons (Fsp3) is 0.385. The van der Waals surface area contributed by atoms with Gasteiger partial charge in [0.2, 0.25) is 0 Å². The first-order valence-corrected chi connectivity index (χ1v) is 6.30. The second-order valence-electron chi connectivity index (χ2n) is 4.17. The molecule has 0 amide bonds. The zero-order chi connectivity index (χ0) is 11.5. The third-order valence-electron chi connectivity index (χ3n) is 2.87. The molecule has 0 saturated heterocycles. The van der Waals surface area contributed by atoms with Crippen molar-refractivity contribution in [3.05, 3.63) is 40.4 Å². The topological polar surface area (TPSA) is 35.2 Å². The van der Waals surface area contributed by atoms with Crippen molar-refractivity contribution in [2.24, 2.45) is 5.73 Å². The standard InChI is InChI=1S/C13H16BrNO/c1-9(14)8-16-11-6-5-10-3-2-4-13(15)12(10)7-11/h5-7,13H,1-4,8,15H2. The zero-order valence-electron chi connectivity index (χ0n) is 9.21. The van der Waals surface area contributed by atoms with Gasteiger partial charge in [0, 0.05) is 10.5 Å². The normalized spacial score (nSPS) is 19.0. The van der Waals surface area contributed by atoms with Gasteiger partial charge in [0.25, 0.3) is 0 Å². The van der Waals surface area contributed by atoms with E-state index in [1.165, 1.54) is 17.5 Å². The van der Waals surface area contributed by atoms with Crippen molar-refractivity contribution in [3.63, 3.8) is 0 Å². The predicted molar refractivity (Wildman–Crippen MR) is 69.9 cm³/mol. The smallest absolute Gasteiger partial charge is 0.120 e. The molecule has 0 radical (unpaired) electrons. The fourth-order valence-corrected chi connectivity index (χ4v) is 2.18. The first kappa shape index (κ1) is 11.7. The number of fused-ring (bicyclic) bond motifs is 1. The van der Waals surface area contributed by atoms with Crippen molar-refractivity contribution in [2.45, 2.75) is 25.3 Å². The quantitative estimate of drug-likeness (QED) is 0.923. The average molecular weight is 282 g/mol. The lowest BCUT2D eigenvalue weighted by Gasteiger charge is -2.22. The van der Waals surface area contributed by atoms with E-state index in [0.29, 0.717) is 6.61 Å². The molecule has 0 saturated carbocycles. The second-order valence-corrected chi connectivity index (χ2v) is 5.29. The Hall–Kier alpha value is -0.800. The van der Waals surface area contributed by atoms with Crippen LogP contribution in [0.2, 0.25) is 0 Å². The zero-order valence-corrected chi connectivity index (χ0v) is 10.8. The van der Waals surface area contributed by atoms with Gasteiger partial charge in [0.15, 0.2) is 0 Å². The summed E-state index contributed by atoms with van der Waals surface area (Å²) in [6.45, 7) is 4.23. The van der Waals surface area contributed by atoms with Gasteiger partial charge in [-0.15, -0.1) is 0 Å². The summed E-state index contributed by atoms with van der Waals surface area (Å²) in [7, 11) is 0. The van der Waals surface area contributed by atoms with Crippen LogP contribution in [-0.2, 0) is 6.42 Å².